The maximum atomic E-state index is 12.7. The number of methoxy groups -OCH3 is 1. The second-order valence-electron chi connectivity index (χ2n) is 6.21. The SMILES string of the molecule is COc1ccc(S(=O)(=O)N2CCN(C(=O)CCCCNC(N)=O)CC2)cc1. The van der Waals surface area contributed by atoms with Gasteiger partial charge in [-0.05, 0) is 37.1 Å². The van der Waals surface area contributed by atoms with Gasteiger partial charge in [0.2, 0.25) is 15.9 Å². The number of nitrogens with two attached hydrogens (primary N) is 1. The minimum absolute atomic E-state index is 0.00410. The quantitative estimate of drug-likeness (QED) is 0.613. The van der Waals surface area contributed by atoms with Crippen molar-refractivity contribution in [3.05, 3.63) is 24.3 Å². The van der Waals surface area contributed by atoms with E-state index < -0.39 is 16.1 Å². The summed E-state index contributed by atoms with van der Waals surface area (Å²) in [7, 11) is -2.06. The van der Waals surface area contributed by atoms with Crippen LogP contribution in [0.15, 0.2) is 29.2 Å². The average Bonchev–Trinajstić information content (AvgIpc) is 2.67. The molecule has 1 aliphatic heterocycles. The number of rotatable bonds is 8. The van der Waals surface area contributed by atoms with Gasteiger partial charge >= 0.3 is 6.03 Å². The third-order valence-electron chi connectivity index (χ3n) is 4.41. The van der Waals surface area contributed by atoms with Crippen LogP contribution < -0.4 is 15.8 Å². The van der Waals surface area contributed by atoms with E-state index in [0.29, 0.717) is 44.6 Å². The van der Waals surface area contributed by atoms with Crippen LogP contribution in [0.5, 0.6) is 5.75 Å². The second kappa shape index (κ2) is 9.56. The Morgan fingerprint density at radius 1 is 1.11 bits per heavy atom. The standard InChI is InChI=1S/C17H26N4O5S/c1-26-14-5-7-15(8-6-14)27(24,25)21-12-10-20(11-13-21)16(22)4-2-3-9-19-17(18)23/h5-8H,2-4,9-13H2,1H3,(H3,18,19,23). The highest BCUT2D eigenvalue weighted by Crippen LogP contribution is 2.21. The maximum absolute atomic E-state index is 12.7. The molecule has 0 unspecified atom stereocenters. The van der Waals surface area contributed by atoms with Crippen LogP contribution in [-0.2, 0) is 14.8 Å². The van der Waals surface area contributed by atoms with Gasteiger partial charge in [-0.1, -0.05) is 0 Å². The van der Waals surface area contributed by atoms with Gasteiger partial charge in [0.05, 0.1) is 12.0 Å². The highest BCUT2D eigenvalue weighted by molar-refractivity contribution is 7.89. The van der Waals surface area contributed by atoms with E-state index in [0.717, 1.165) is 0 Å². The average molecular weight is 398 g/mol. The topological polar surface area (TPSA) is 122 Å². The monoisotopic (exact) mass is 398 g/mol. The predicted molar refractivity (Wildman–Crippen MR) is 99.8 cm³/mol. The number of primary amides is 1. The molecular formula is C17H26N4O5S. The summed E-state index contributed by atoms with van der Waals surface area (Å²) >= 11 is 0. The molecular weight excluding hydrogens is 372 g/mol. The first-order chi connectivity index (χ1) is 12.8. The molecule has 9 nitrogen and oxygen atoms in total. The van der Waals surface area contributed by atoms with Crippen LogP contribution >= 0.6 is 0 Å². The Labute approximate surface area is 159 Å². The van der Waals surface area contributed by atoms with Crippen LogP contribution in [0.2, 0.25) is 0 Å². The van der Waals surface area contributed by atoms with E-state index in [1.807, 2.05) is 0 Å². The van der Waals surface area contributed by atoms with E-state index in [-0.39, 0.29) is 23.9 Å². The Hall–Kier alpha value is -2.33. The number of carbonyl (C=O) groups is 2. The highest BCUT2D eigenvalue weighted by atomic mass is 32.2. The van der Waals surface area contributed by atoms with Crippen molar-refractivity contribution in [2.24, 2.45) is 5.73 Å². The molecule has 0 spiro atoms. The highest BCUT2D eigenvalue weighted by Gasteiger charge is 2.29. The van der Waals surface area contributed by atoms with Crippen molar-refractivity contribution in [2.75, 3.05) is 39.8 Å². The molecule has 1 saturated heterocycles. The molecule has 27 heavy (non-hydrogen) atoms. The van der Waals surface area contributed by atoms with Crippen LogP contribution in [0.25, 0.3) is 0 Å². The van der Waals surface area contributed by atoms with Crippen molar-refractivity contribution in [1.82, 2.24) is 14.5 Å². The van der Waals surface area contributed by atoms with Gasteiger partial charge in [-0.15, -0.1) is 0 Å². The first kappa shape index (κ1) is 21.0. The Balaban J connectivity index is 1.81. The summed E-state index contributed by atoms with van der Waals surface area (Å²) in [6, 6.07) is 5.69. The number of sulfonamides is 1. The zero-order chi connectivity index (χ0) is 19.9. The van der Waals surface area contributed by atoms with Gasteiger partial charge in [0.25, 0.3) is 0 Å². The molecule has 0 saturated carbocycles. The van der Waals surface area contributed by atoms with Crippen LogP contribution in [0.3, 0.4) is 0 Å². The number of nitrogens with one attached hydrogen (secondary N) is 1. The summed E-state index contributed by atoms with van der Waals surface area (Å²) in [5, 5.41) is 2.48. The third kappa shape index (κ3) is 5.83. The van der Waals surface area contributed by atoms with Gasteiger partial charge < -0.3 is 20.7 Å². The molecule has 1 aromatic rings. The van der Waals surface area contributed by atoms with E-state index in [1.165, 1.54) is 23.5 Å². The van der Waals surface area contributed by atoms with Gasteiger partial charge in [-0.2, -0.15) is 4.31 Å². The minimum atomic E-state index is -3.58. The Bertz CT molecular complexity index is 743. The summed E-state index contributed by atoms with van der Waals surface area (Å²) < 4.78 is 31.8. The molecule has 0 radical (unpaired) electrons. The maximum Gasteiger partial charge on any atom is 0.312 e. The number of urea groups is 1. The zero-order valence-corrected chi connectivity index (χ0v) is 16.2. The van der Waals surface area contributed by atoms with Crippen molar-refractivity contribution in [2.45, 2.75) is 24.2 Å². The predicted octanol–water partition coefficient (Wildman–Crippen LogP) is 0.367. The number of nitrogens with zero attached hydrogens (tertiary/aromatic N) is 2. The molecule has 0 bridgehead atoms. The summed E-state index contributed by atoms with van der Waals surface area (Å²) in [6.45, 7) is 1.71. The first-order valence-corrected chi connectivity index (χ1v) is 10.2. The van der Waals surface area contributed by atoms with Crippen molar-refractivity contribution in [3.8, 4) is 5.75 Å². The Kier molecular flexibility index (Phi) is 7.43. The summed E-state index contributed by atoms with van der Waals surface area (Å²) in [4.78, 5) is 24.7. The number of hydrogen-bond donors (Lipinski definition) is 2. The number of ether oxygens (including phenoxy) is 1. The van der Waals surface area contributed by atoms with Crippen LogP contribution in [0.1, 0.15) is 19.3 Å². The molecule has 1 heterocycles. The van der Waals surface area contributed by atoms with Gasteiger partial charge in [0.1, 0.15) is 5.75 Å². The van der Waals surface area contributed by atoms with Gasteiger partial charge in [0, 0.05) is 39.1 Å². The fraction of sp³-hybridized carbons (Fsp3) is 0.529. The molecule has 2 rings (SSSR count). The van der Waals surface area contributed by atoms with Gasteiger partial charge in [0.15, 0.2) is 0 Å². The molecule has 1 aromatic carbocycles. The van der Waals surface area contributed by atoms with Crippen LogP contribution in [-0.4, -0.2) is 69.4 Å². The number of piperazine rings is 1. The molecule has 10 heteroatoms. The number of unbranched alkanes of at least 4 members (excludes halogenated alkanes) is 1. The first-order valence-electron chi connectivity index (χ1n) is 8.80. The number of benzene rings is 1. The Morgan fingerprint density at radius 2 is 1.74 bits per heavy atom. The summed E-state index contributed by atoms with van der Waals surface area (Å²) in [6.07, 6.45) is 1.68. The Morgan fingerprint density at radius 3 is 2.30 bits per heavy atom. The molecule has 3 amide bonds. The van der Waals surface area contributed by atoms with E-state index >= 15 is 0 Å². The van der Waals surface area contributed by atoms with Gasteiger partial charge in [-0.3, -0.25) is 4.79 Å². The largest absolute Gasteiger partial charge is 0.497 e. The molecule has 1 aliphatic rings. The molecule has 150 valence electrons. The smallest absolute Gasteiger partial charge is 0.312 e. The van der Waals surface area contributed by atoms with Crippen LogP contribution in [0.4, 0.5) is 4.79 Å². The third-order valence-corrected chi connectivity index (χ3v) is 6.32. The fourth-order valence-corrected chi connectivity index (χ4v) is 4.27. The number of amides is 3. The number of carbonyl (C=O) groups excluding carboxylic acids is 2. The number of hydrogen-bond acceptors (Lipinski definition) is 5. The molecule has 3 N–H and O–H groups in total. The van der Waals surface area contributed by atoms with Crippen molar-refractivity contribution >= 4 is 22.0 Å². The molecule has 1 fully saturated rings. The van der Waals surface area contributed by atoms with Crippen LogP contribution in [0, 0.1) is 0 Å². The van der Waals surface area contributed by atoms with E-state index in [9.17, 15) is 18.0 Å². The normalized spacial score (nSPS) is 15.4. The lowest BCUT2D eigenvalue weighted by Gasteiger charge is -2.34. The van der Waals surface area contributed by atoms with E-state index in [4.69, 9.17) is 10.5 Å². The van der Waals surface area contributed by atoms with E-state index in [1.54, 1.807) is 17.0 Å². The lowest BCUT2D eigenvalue weighted by Crippen LogP contribution is -2.50. The molecule has 0 aliphatic carbocycles. The zero-order valence-electron chi connectivity index (χ0n) is 15.4. The summed E-state index contributed by atoms with van der Waals surface area (Å²) in [5.41, 5.74) is 4.97. The minimum Gasteiger partial charge on any atom is -0.497 e. The molecule has 0 aromatic heterocycles. The fourth-order valence-electron chi connectivity index (χ4n) is 2.85. The lowest BCUT2D eigenvalue weighted by molar-refractivity contribution is -0.132. The van der Waals surface area contributed by atoms with Crippen molar-refractivity contribution in [3.63, 3.8) is 0 Å². The van der Waals surface area contributed by atoms with Crippen molar-refractivity contribution < 1.29 is 22.7 Å². The molecule has 0 atom stereocenters. The second-order valence-corrected chi connectivity index (χ2v) is 8.15. The van der Waals surface area contributed by atoms with E-state index in [2.05, 4.69) is 5.32 Å². The lowest BCUT2D eigenvalue weighted by atomic mass is 10.2. The summed E-state index contributed by atoms with van der Waals surface area (Å²) in [5.74, 6) is 0.589. The van der Waals surface area contributed by atoms with Crippen molar-refractivity contribution in [1.29, 1.82) is 0 Å². The van der Waals surface area contributed by atoms with Gasteiger partial charge in [-0.25, -0.2) is 13.2 Å².